The lowest BCUT2D eigenvalue weighted by atomic mass is 9.80. The molecule has 33 heavy (non-hydrogen) atoms. The highest BCUT2D eigenvalue weighted by Gasteiger charge is 2.30. The summed E-state index contributed by atoms with van der Waals surface area (Å²) in [6, 6.07) is 4.51. The minimum atomic E-state index is -0.305. The van der Waals surface area contributed by atoms with Gasteiger partial charge in [-0.2, -0.15) is 0 Å². The van der Waals surface area contributed by atoms with Gasteiger partial charge in [-0.15, -0.1) is 6.58 Å². The third kappa shape index (κ3) is 7.84. The van der Waals surface area contributed by atoms with Crippen LogP contribution in [0, 0.1) is 5.82 Å². The molecule has 3 heteroatoms. The standard InChI is InChI=1S/C22H26FNO.C5H10.C3H8/c1-5-7-13(2)14(3)17-8-6-9-18(15(17)4)21-19-12-16(23)10-11-20(19)24-22(21)25;1-4-5(2)3;1-3-2/h10-12H,5-9H2,1-4H3,(H,24,25);2,4H2,1,3H3;3H2,1-2H3/b14-13-,21-18-;;. The van der Waals surface area contributed by atoms with E-state index < -0.39 is 0 Å². The van der Waals surface area contributed by atoms with Gasteiger partial charge < -0.3 is 5.32 Å². The number of carbonyl (C=O) groups excluding carboxylic acids is 1. The lowest BCUT2D eigenvalue weighted by molar-refractivity contribution is -0.110. The predicted octanol–water partition coefficient (Wildman–Crippen LogP) is 9.56. The lowest BCUT2D eigenvalue weighted by Gasteiger charge is -2.24. The first kappa shape index (κ1) is 28.6. The van der Waals surface area contributed by atoms with Crippen LogP contribution in [0.15, 0.2) is 58.2 Å². The Morgan fingerprint density at radius 3 is 2.24 bits per heavy atom. The molecule has 0 bridgehead atoms. The Hall–Kier alpha value is -2.42. The zero-order valence-corrected chi connectivity index (χ0v) is 22.2. The van der Waals surface area contributed by atoms with E-state index in [4.69, 9.17) is 0 Å². The fourth-order valence-corrected chi connectivity index (χ4v) is 4.04. The fourth-order valence-electron chi connectivity index (χ4n) is 4.04. The summed E-state index contributed by atoms with van der Waals surface area (Å²) in [7, 11) is 0. The van der Waals surface area contributed by atoms with Gasteiger partial charge in [0, 0.05) is 11.3 Å². The molecular formula is C30H44FNO. The molecule has 2 nitrogen and oxygen atoms in total. The number of amides is 1. The van der Waals surface area contributed by atoms with Crippen LogP contribution in [0.1, 0.15) is 106 Å². The monoisotopic (exact) mass is 453 g/mol. The van der Waals surface area contributed by atoms with Gasteiger partial charge in [0.1, 0.15) is 5.82 Å². The van der Waals surface area contributed by atoms with Crippen LogP contribution in [0.3, 0.4) is 0 Å². The van der Waals surface area contributed by atoms with E-state index in [0.29, 0.717) is 16.8 Å². The number of anilines is 1. The molecule has 0 aromatic heterocycles. The molecule has 0 saturated heterocycles. The van der Waals surface area contributed by atoms with Crippen LogP contribution in [-0.4, -0.2) is 5.91 Å². The van der Waals surface area contributed by atoms with E-state index in [0.717, 1.165) is 44.1 Å². The summed E-state index contributed by atoms with van der Waals surface area (Å²) in [5, 5.41) is 2.88. The maximum absolute atomic E-state index is 13.7. The van der Waals surface area contributed by atoms with E-state index in [9.17, 15) is 9.18 Å². The second-order valence-corrected chi connectivity index (χ2v) is 9.13. The first-order valence-electron chi connectivity index (χ1n) is 12.5. The predicted molar refractivity (Wildman–Crippen MR) is 143 cm³/mol. The molecule has 0 unspecified atom stereocenters. The first-order chi connectivity index (χ1) is 15.6. The maximum Gasteiger partial charge on any atom is 0.256 e. The molecule has 2 aliphatic rings. The van der Waals surface area contributed by atoms with Crippen molar-refractivity contribution in [1.82, 2.24) is 0 Å². The molecule has 1 aromatic carbocycles. The van der Waals surface area contributed by atoms with E-state index in [1.54, 1.807) is 6.07 Å². The second-order valence-electron chi connectivity index (χ2n) is 9.13. The van der Waals surface area contributed by atoms with Gasteiger partial charge in [0.15, 0.2) is 0 Å². The molecule has 3 rings (SSSR count). The number of benzene rings is 1. The van der Waals surface area contributed by atoms with E-state index in [2.05, 4.69) is 60.4 Å². The van der Waals surface area contributed by atoms with Crippen LogP contribution >= 0.6 is 0 Å². The molecule has 1 amide bonds. The van der Waals surface area contributed by atoms with Crippen LogP contribution in [0.25, 0.3) is 5.57 Å². The topological polar surface area (TPSA) is 29.1 Å². The van der Waals surface area contributed by atoms with Crippen molar-refractivity contribution in [3.63, 3.8) is 0 Å². The molecule has 1 aliphatic heterocycles. The summed E-state index contributed by atoms with van der Waals surface area (Å²) in [6.07, 6.45) is 7.54. The average Bonchev–Trinajstić information content (AvgIpc) is 3.09. The Morgan fingerprint density at radius 2 is 1.70 bits per heavy atom. The first-order valence-corrected chi connectivity index (χ1v) is 12.5. The van der Waals surface area contributed by atoms with Crippen molar-refractivity contribution < 1.29 is 9.18 Å². The third-order valence-corrected chi connectivity index (χ3v) is 6.11. The number of rotatable bonds is 4. The summed E-state index contributed by atoms with van der Waals surface area (Å²) < 4.78 is 13.7. The summed E-state index contributed by atoms with van der Waals surface area (Å²) >= 11 is 0. The lowest BCUT2D eigenvalue weighted by Crippen LogP contribution is -2.10. The Morgan fingerprint density at radius 1 is 1.09 bits per heavy atom. The average molecular weight is 454 g/mol. The van der Waals surface area contributed by atoms with Crippen LogP contribution in [0.4, 0.5) is 10.1 Å². The highest BCUT2D eigenvalue weighted by Crippen LogP contribution is 2.42. The molecule has 0 radical (unpaired) electrons. The van der Waals surface area contributed by atoms with Gasteiger partial charge in [0.2, 0.25) is 0 Å². The smallest absolute Gasteiger partial charge is 0.256 e. The molecule has 0 atom stereocenters. The molecule has 182 valence electrons. The van der Waals surface area contributed by atoms with Crippen molar-refractivity contribution in [2.45, 2.75) is 100 Å². The van der Waals surface area contributed by atoms with Crippen molar-refractivity contribution in [2.75, 3.05) is 5.32 Å². The Kier molecular flexibility index (Phi) is 12.1. The SMILES string of the molecule is C=C(C)CC.CCC.CCC/C(C)=C(/C)C1=C(C)/C(=C2\C(=O)Nc3ccc(F)cc32)CCC1. The van der Waals surface area contributed by atoms with Gasteiger partial charge in [0.05, 0.1) is 5.57 Å². The van der Waals surface area contributed by atoms with Crippen molar-refractivity contribution in [1.29, 1.82) is 0 Å². The van der Waals surface area contributed by atoms with Gasteiger partial charge in [-0.3, -0.25) is 4.79 Å². The largest absolute Gasteiger partial charge is 0.321 e. The fraction of sp³-hybridized carbons (Fsp3) is 0.500. The van der Waals surface area contributed by atoms with Crippen LogP contribution in [0.5, 0.6) is 0 Å². The molecular weight excluding hydrogens is 409 g/mol. The summed E-state index contributed by atoms with van der Waals surface area (Å²) in [4.78, 5) is 12.6. The van der Waals surface area contributed by atoms with Crippen molar-refractivity contribution in [3.8, 4) is 0 Å². The quantitative estimate of drug-likeness (QED) is 0.357. The molecule has 1 heterocycles. The van der Waals surface area contributed by atoms with Gasteiger partial charge in [0.25, 0.3) is 5.91 Å². The second kappa shape index (κ2) is 14.0. The van der Waals surface area contributed by atoms with E-state index in [-0.39, 0.29) is 11.7 Å². The molecule has 0 spiro atoms. The Labute approximate surface area is 201 Å². The van der Waals surface area contributed by atoms with E-state index in [1.165, 1.54) is 46.4 Å². The number of hydrogen-bond donors (Lipinski definition) is 1. The van der Waals surface area contributed by atoms with Crippen molar-refractivity contribution >= 4 is 17.2 Å². The molecule has 0 fully saturated rings. The van der Waals surface area contributed by atoms with Gasteiger partial charge in [-0.1, -0.05) is 51.7 Å². The minimum absolute atomic E-state index is 0.108. The summed E-state index contributed by atoms with van der Waals surface area (Å²) in [6.45, 7) is 20.8. The minimum Gasteiger partial charge on any atom is -0.321 e. The molecule has 1 N–H and O–H groups in total. The van der Waals surface area contributed by atoms with Crippen LogP contribution in [-0.2, 0) is 4.79 Å². The van der Waals surface area contributed by atoms with Crippen molar-refractivity contribution in [2.24, 2.45) is 0 Å². The van der Waals surface area contributed by atoms with Crippen LogP contribution < -0.4 is 5.32 Å². The highest BCUT2D eigenvalue weighted by atomic mass is 19.1. The van der Waals surface area contributed by atoms with Gasteiger partial charge in [-0.05, 0) is 100 Å². The normalized spacial score (nSPS) is 17.8. The maximum atomic E-state index is 13.7. The number of nitrogens with one attached hydrogen (secondary N) is 1. The number of halogens is 1. The molecule has 0 saturated carbocycles. The van der Waals surface area contributed by atoms with E-state index >= 15 is 0 Å². The van der Waals surface area contributed by atoms with Gasteiger partial charge >= 0.3 is 0 Å². The number of carbonyl (C=O) groups is 1. The van der Waals surface area contributed by atoms with Gasteiger partial charge in [-0.25, -0.2) is 4.39 Å². The Bertz CT molecular complexity index is 946. The van der Waals surface area contributed by atoms with Crippen molar-refractivity contribution in [3.05, 3.63) is 69.6 Å². The zero-order valence-electron chi connectivity index (χ0n) is 22.2. The number of fused-ring (bicyclic) bond motifs is 1. The summed E-state index contributed by atoms with van der Waals surface area (Å²) in [5.41, 5.74) is 9.73. The van der Waals surface area contributed by atoms with Crippen LogP contribution in [0.2, 0.25) is 0 Å². The highest BCUT2D eigenvalue weighted by molar-refractivity contribution is 6.32. The Balaban J connectivity index is 0.000000591. The van der Waals surface area contributed by atoms with E-state index in [1.807, 2.05) is 6.92 Å². The third-order valence-electron chi connectivity index (χ3n) is 6.11. The number of hydrogen-bond acceptors (Lipinski definition) is 1. The molecule has 1 aromatic rings. The summed E-state index contributed by atoms with van der Waals surface area (Å²) in [5.74, 6) is -0.413. The number of allylic oxidation sites excluding steroid dienone is 6. The molecule has 1 aliphatic carbocycles. The zero-order chi connectivity index (χ0) is 25.1.